The predicted molar refractivity (Wildman–Crippen MR) is 91.7 cm³/mol. The molecule has 0 saturated carbocycles. The van der Waals surface area contributed by atoms with Crippen molar-refractivity contribution in [2.75, 3.05) is 18.0 Å². The molecule has 0 N–H and O–H groups in total. The van der Waals surface area contributed by atoms with Crippen molar-refractivity contribution in [1.82, 2.24) is 0 Å². The fraction of sp³-hybridized carbons (Fsp3) is 0.316. The molecule has 2 aromatic carbocycles. The number of fused-ring (bicyclic) bond motifs is 2. The molecule has 0 aliphatic carbocycles. The minimum Gasteiger partial charge on any atom is -0.453 e. The van der Waals surface area contributed by atoms with Crippen molar-refractivity contribution in [3.8, 4) is 11.5 Å². The zero-order valence-corrected chi connectivity index (χ0v) is 13.5. The predicted octanol–water partition coefficient (Wildman–Crippen LogP) is 3.78. The first-order valence-corrected chi connectivity index (χ1v) is 8.01. The van der Waals surface area contributed by atoms with Gasteiger partial charge >= 0.3 is 0 Å². The second-order valence-corrected chi connectivity index (χ2v) is 5.38. The second-order valence-electron chi connectivity index (χ2n) is 5.38. The molecule has 3 nitrogen and oxygen atoms in total. The number of benzene rings is 2. The third-order valence-electron chi connectivity index (χ3n) is 3.96. The molecule has 0 fully saturated rings. The van der Waals surface area contributed by atoms with E-state index in [4.69, 9.17) is 9.73 Å². The lowest BCUT2D eigenvalue weighted by molar-refractivity contribution is 0.469. The molecule has 22 heavy (non-hydrogen) atoms. The van der Waals surface area contributed by atoms with Crippen molar-refractivity contribution in [3.05, 3.63) is 47.0 Å². The summed E-state index contributed by atoms with van der Waals surface area (Å²) in [4.78, 5) is 7.01. The van der Waals surface area contributed by atoms with Crippen LogP contribution >= 0.6 is 0 Å². The smallest absolute Gasteiger partial charge is 0.155 e. The summed E-state index contributed by atoms with van der Waals surface area (Å²) in [6.45, 7) is 8.43. The van der Waals surface area contributed by atoms with Gasteiger partial charge in [0.25, 0.3) is 0 Å². The Morgan fingerprint density at radius 2 is 1.82 bits per heavy atom. The normalized spacial score (nSPS) is 13.0. The van der Waals surface area contributed by atoms with Gasteiger partial charge in [0.1, 0.15) is 11.0 Å². The lowest BCUT2D eigenvalue weighted by atomic mass is 10.2. The highest BCUT2D eigenvalue weighted by Gasteiger charge is 2.14. The van der Waals surface area contributed by atoms with Gasteiger partial charge in [0.2, 0.25) is 0 Å². The molecule has 1 aliphatic heterocycles. The second kappa shape index (κ2) is 6.22. The first kappa shape index (κ1) is 14.6. The molecule has 114 valence electrons. The van der Waals surface area contributed by atoms with Gasteiger partial charge in [-0.25, -0.2) is 4.99 Å². The molecule has 0 saturated heterocycles. The summed E-state index contributed by atoms with van der Waals surface area (Å²) in [5.74, 6) is 1.68. The maximum Gasteiger partial charge on any atom is 0.155 e. The molecule has 0 amide bonds. The average molecular weight is 294 g/mol. The molecule has 0 atom stereocenters. The van der Waals surface area contributed by atoms with E-state index in [1.165, 1.54) is 10.9 Å². The lowest BCUT2D eigenvalue weighted by Gasteiger charge is -2.23. The van der Waals surface area contributed by atoms with Crippen molar-refractivity contribution in [1.29, 1.82) is 0 Å². The number of nitrogens with zero attached hydrogens (tertiary/aromatic N) is 2. The molecule has 3 rings (SSSR count). The number of hydrogen-bond donors (Lipinski definition) is 0. The number of ether oxygens (including phenoxy) is 1. The van der Waals surface area contributed by atoms with Gasteiger partial charge in [0.15, 0.2) is 11.5 Å². The van der Waals surface area contributed by atoms with Crippen LogP contribution in [0.2, 0.25) is 0 Å². The van der Waals surface area contributed by atoms with Gasteiger partial charge in [-0.3, -0.25) is 0 Å². The Bertz CT molecular complexity index is 792. The molecule has 0 radical (unpaired) electrons. The van der Waals surface area contributed by atoms with E-state index in [0.29, 0.717) is 0 Å². The number of hydrogen-bond acceptors (Lipinski definition) is 3. The zero-order chi connectivity index (χ0) is 15.5. The van der Waals surface area contributed by atoms with Gasteiger partial charge in [0.05, 0.1) is 0 Å². The van der Waals surface area contributed by atoms with E-state index in [1.54, 1.807) is 0 Å². The van der Waals surface area contributed by atoms with E-state index in [-0.39, 0.29) is 0 Å². The Balaban J connectivity index is 2.04. The fourth-order valence-electron chi connectivity index (χ4n) is 2.78. The number of rotatable bonds is 4. The van der Waals surface area contributed by atoms with Crippen LogP contribution in [0.15, 0.2) is 41.4 Å². The van der Waals surface area contributed by atoms with Crippen LogP contribution in [0.25, 0.3) is 6.08 Å². The first-order valence-electron chi connectivity index (χ1n) is 8.01. The Hall–Kier alpha value is -2.29. The van der Waals surface area contributed by atoms with Crippen LogP contribution in [0.5, 0.6) is 11.5 Å². The van der Waals surface area contributed by atoms with Crippen LogP contribution < -0.4 is 20.2 Å². The SMILES string of the molecule is CC/C=c1\ccc2c(c1)Oc1cc(N(CC)CC)ccc1N=2. The van der Waals surface area contributed by atoms with E-state index in [1.807, 2.05) is 12.1 Å². The molecule has 0 bridgehead atoms. The summed E-state index contributed by atoms with van der Waals surface area (Å²) >= 11 is 0. The van der Waals surface area contributed by atoms with E-state index < -0.39 is 0 Å². The van der Waals surface area contributed by atoms with Gasteiger partial charge in [-0.2, -0.15) is 0 Å². The summed E-state index contributed by atoms with van der Waals surface area (Å²) in [6, 6.07) is 12.4. The third kappa shape index (κ3) is 2.71. The highest BCUT2D eigenvalue weighted by atomic mass is 16.5. The Labute approximate surface area is 131 Å². The van der Waals surface area contributed by atoms with Crippen LogP contribution in [0.3, 0.4) is 0 Å². The Kier molecular flexibility index (Phi) is 4.14. The standard InChI is InChI=1S/C19H22N2O/c1-4-7-14-8-10-16-18(12-14)22-19-13-15(21(5-2)6-3)9-11-17(19)20-16/h7-13H,4-6H2,1-3H3/b14-7+. The zero-order valence-electron chi connectivity index (χ0n) is 13.5. The van der Waals surface area contributed by atoms with Gasteiger partial charge in [0, 0.05) is 24.8 Å². The molecule has 1 aliphatic rings. The summed E-state index contributed by atoms with van der Waals surface area (Å²) in [5.41, 5.74) is 2.08. The first-order chi connectivity index (χ1) is 10.7. The summed E-state index contributed by atoms with van der Waals surface area (Å²) in [5, 5.41) is 2.08. The lowest BCUT2D eigenvalue weighted by Crippen LogP contribution is -2.22. The largest absolute Gasteiger partial charge is 0.453 e. The van der Waals surface area contributed by atoms with Crippen molar-refractivity contribution in [2.24, 2.45) is 4.99 Å². The Morgan fingerprint density at radius 1 is 1.00 bits per heavy atom. The average Bonchev–Trinajstić information content (AvgIpc) is 2.54. The maximum absolute atomic E-state index is 6.10. The fourth-order valence-corrected chi connectivity index (χ4v) is 2.78. The van der Waals surface area contributed by atoms with E-state index in [9.17, 15) is 0 Å². The van der Waals surface area contributed by atoms with Crippen LogP contribution in [0.4, 0.5) is 11.4 Å². The molecule has 1 heterocycles. The highest BCUT2D eigenvalue weighted by molar-refractivity contribution is 5.64. The van der Waals surface area contributed by atoms with Crippen LogP contribution in [0, 0.1) is 0 Å². The van der Waals surface area contributed by atoms with Gasteiger partial charge in [-0.1, -0.05) is 19.1 Å². The third-order valence-corrected chi connectivity index (χ3v) is 3.96. The molecule has 0 aromatic heterocycles. The maximum atomic E-state index is 6.10. The minimum atomic E-state index is 0.838. The number of anilines is 1. The topological polar surface area (TPSA) is 24.8 Å². The van der Waals surface area contributed by atoms with Crippen LogP contribution in [0.1, 0.15) is 27.2 Å². The van der Waals surface area contributed by atoms with Crippen LogP contribution in [-0.2, 0) is 0 Å². The molecule has 3 heteroatoms. The van der Waals surface area contributed by atoms with Crippen molar-refractivity contribution in [2.45, 2.75) is 27.2 Å². The summed E-state index contributed by atoms with van der Waals surface area (Å²) in [7, 11) is 0. The molecular formula is C19H22N2O. The molecule has 2 aromatic rings. The Morgan fingerprint density at radius 3 is 2.55 bits per heavy atom. The van der Waals surface area contributed by atoms with Crippen molar-refractivity contribution in [3.63, 3.8) is 0 Å². The van der Waals surface area contributed by atoms with Gasteiger partial charge in [-0.15, -0.1) is 0 Å². The minimum absolute atomic E-state index is 0.838. The molecule has 0 unspecified atom stereocenters. The van der Waals surface area contributed by atoms with Crippen molar-refractivity contribution < 1.29 is 4.74 Å². The van der Waals surface area contributed by atoms with Crippen molar-refractivity contribution >= 4 is 17.5 Å². The molecule has 0 spiro atoms. The van der Waals surface area contributed by atoms with Gasteiger partial charge in [-0.05, 0) is 49.8 Å². The molecular weight excluding hydrogens is 272 g/mol. The quantitative estimate of drug-likeness (QED) is 0.731. The highest BCUT2D eigenvalue weighted by Crippen LogP contribution is 2.36. The monoisotopic (exact) mass is 294 g/mol. The van der Waals surface area contributed by atoms with E-state index in [2.05, 4.69) is 56.0 Å². The summed E-state index contributed by atoms with van der Waals surface area (Å²) < 4.78 is 6.10. The van der Waals surface area contributed by atoms with E-state index >= 15 is 0 Å². The van der Waals surface area contributed by atoms with E-state index in [0.717, 1.165) is 42.1 Å². The van der Waals surface area contributed by atoms with Gasteiger partial charge < -0.3 is 9.64 Å². The van der Waals surface area contributed by atoms with Crippen LogP contribution in [-0.4, -0.2) is 13.1 Å². The summed E-state index contributed by atoms with van der Waals surface area (Å²) in [6.07, 6.45) is 3.20.